The number of halogens is 3. The molecule has 0 bridgehead atoms. The summed E-state index contributed by atoms with van der Waals surface area (Å²) in [6.07, 6.45) is 2.00. The predicted octanol–water partition coefficient (Wildman–Crippen LogP) is 2.59. The Morgan fingerprint density at radius 3 is 2.65 bits per heavy atom. The van der Waals surface area contributed by atoms with Crippen LogP contribution in [0.4, 0.5) is 18.0 Å². The first-order valence-corrected chi connectivity index (χ1v) is 7.74. The van der Waals surface area contributed by atoms with Crippen LogP contribution in [0.2, 0.25) is 0 Å². The third-order valence-corrected chi connectivity index (χ3v) is 3.98. The highest BCUT2D eigenvalue weighted by molar-refractivity contribution is 5.74. The van der Waals surface area contributed by atoms with Gasteiger partial charge in [-0.3, -0.25) is 0 Å². The van der Waals surface area contributed by atoms with Crippen LogP contribution in [-0.4, -0.2) is 41.3 Å². The van der Waals surface area contributed by atoms with Gasteiger partial charge in [-0.2, -0.15) is 0 Å². The fraction of sp³-hybridized carbons (Fsp3) is 0.562. The SMILES string of the molecule is CC(O)CC1CCCN1C(=O)NCCc1cc(F)c(F)c(F)c1. The Labute approximate surface area is 133 Å². The molecule has 128 valence electrons. The molecule has 0 saturated carbocycles. The lowest BCUT2D eigenvalue weighted by atomic mass is 10.1. The topological polar surface area (TPSA) is 52.6 Å². The maximum absolute atomic E-state index is 13.1. The number of urea groups is 1. The van der Waals surface area contributed by atoms with Crippen molar-refractivity contribution in [2.45, 2.75) is 44.8 Å². The number of rotatable bonds is 5. The van der Waals surface area contributed by atoms with Crippen molar-refractivity contribution < 1.29 is 23.1 Å². The van der Waals surface area contributed by atoms with Gasteiger partial charge >= 0.3 is 6.03 Å². The van der Waals surface area contributed by atoms with Crippen LogP contribution in [0.3, 0.4) is 0 Å². The number of nitrogens with zero attached hydrogens (tertiary/aromatic N) is 1. The van der Waals surface area contributed by atoms with Gasteiger partial charge in [0.1, 0.15) is 0 Å². The molecule has 23 heavy (non-hydrogen) atoms. The predicted molar refractivity (Wildman–Crippen MR) is 79.4 cm³/mol. The van der Waals surface area contributed by atoms with Crippen LogP contribution in [0.5, 0.6) is 0 Å². The molecule has 0 aromatic heterocycles. The molecule has 1 saturated heterocycles. The molecule has 0 radical (unpaired) electrons. The van der Waals surface area contributed by atoms with E-state index in [1.54, 1.807) is 11.8 Å². The largest absolute Gasteiger partial charge is 0.393 e. The molecule has 2 unspecified atom stereocenters. The Kier molecular flexibility index (Phi) is 5.87. The second-order valence-electron chi connectivity index (χ2n) is 5.93. The number of carbonyl (C=O) groups is 1. The fourth-order valence-electron chi connectivity index (χ4n) is 2.91. The van der Waals surface area contributed by atoms with E-state index in [4.69, 9.17) is 0 Å². The van der Waals surface area contributed by atoms with Crippen LogP contribution in [0.25, 0.3) is 0 Å². The molecule has 4 nitrogen and oxygen atoms in total. The van der Waals surface area contributed by atoms with Gasteiger partial charge in [0, 0.05) is 19.1 Å². The Bertz CT molecular complexity index is 543. The third kappa shape index (κ3) is 4.60. The monoisotopic (exact) mass is 330 g/mol. The number of hydrogen-bond donors (Lipinski definition) is 2. The van der Waals surface area contributed by atoms with Crippen LogP contribution in [0.1, 0.15) is 31.7 Å². The summed E-state index contributed by atoms with van der Waals surface area (Å²) < 4.78 is 39.1. The zero-order valence-corrected chi connectivity index (χ0v) is 13.0. The van der Waals surface area contributed by atoms with E-state index in [9.17, 15) is 23.1 Å². The molecule has 2 rings (SSSR count). The zero-order chi connectivity index (χ0) is 17.0. The number of hydrogen-bond acceptors (Lipinski definition) is 2. The maximum Gasteiger partial charge on any atom is 0.317 e. The lowest BCUT2D eigenvalue weighted by Gasteiger charge is -2.26. The van der Waals surface area contributed by atoms with Crippen LogP contribution < -0.4 is 5.32 Å². The first-order valence-electron chi connectivity index (χ1n) is 7.74. The molecule has 2 atom stereocenters. The summed E-state index contributed by atoms with van der Waals surface area (Å²) in [6.45, 7) is 2.51. The molecular formula is C16H21F3N2O2. The summed E-state index contributed by atoms with van der Waals surface area (Å²) >= 11 is 0. The van der Waals surface area contributed by atoms with E-state index in [1.165, 1.54) is 0 Å². The first-order chi connectivity index (χ1) is 10.9. The number of nitrogens with one attached hydrogen (secondary N) is 1. The minimum absolute atomic E-state index is 0.00992. The number of amides is 2. The summed E-state index contributed by atoms with van der Waals surface area (Å²) in [5, 5.41) is 12.1. The Morgan fingerprint density at radius 1 is 1.39 bits per heavy atom. The number of likely N-dealkylation sites (tertiary alicyclic amines) is 1. The number of carbonyl (C=O) groups excluding carboxylic acids is 1. The minimum atomic E-state index is -1.49. The first kappa shape index (κ1) is 17.6. The smallest absolute Gasteiger partial charge is 0.317 e. The lowest BCUT2D eigenvalue weighted by Crippen LogP contribution is -2.44. The van der Waals surface area contributed by atoms with Crippen molar-refractivity contribution in [1.29, 1.82) is 0 Å². The summed E-state index contributed by atoms with van der Waals surface area (Å²) in [4.78, 5) is 13.8. The lowest BCUT2D eigenvalue weighted by molar-refractivity contribution is 0.138. The van der Waals surface area contributed by atoms with Crippen molar-refractivity contribution in [3.8, 4) is 0 Å². The third-order valence-electron chi connectivity index (χ3n) is 3.98. The summed E-state index contributed by atoms with van der Waals surface area (Å²) in [5.41, 5.74) is 0.281. The summed E-state index contributed by atoms with van der Waals surface area (Å²) in [5.74, 6) is -3.96. The van der Waals surface area contributed by atoms with Crippen molar-refractivity contribution >= 4 is 6.03 Å². The maximum atomic E-state index is 13.1. The Hall–Kier alpha value is -1.76. The van der Waals surface area contributed by atoms with Crippen molar-refractivity contribution in [2.24, 2.45) is 0 Å². The van der Waals surface area contributed by atoms with E-state index in [0.717, 1.165) is 25.0 Å². The Morgan fingerprint density at radius 2 is 2.04 bits per heavy atom. The minimum Gasteiger partial charge on any atom is -0.393 e. The van der Waals surface area contributed by atoms with Gasteiger partial charge < -0.3 is 15.3 Å². The van der Waals surface area contributed by atoms with Gasteiger partial charge in [0.05, 0.1) is 6.10 Å². The van der Waals surface area contributed by atoms with Gasteiger partial charge in [-0.15, -0.1) is 0 Å². The van der Waals surface area contributed by atoms with E-state index in [0.29, 0.717) is 13.0 Å². The van der Waals surface area contributed by atoms with E-state index in [-0.39, 0.29) is 30.6 Å². The van der Waals surface area contributed by atoms with Crippen LogP contribution in [0, 0.1) is 17.5 Å². The van der Waals surface area contributed by atoms with Crippen LogP contribution in [0.15, 0.2) is 12.1 Å². The van der Waals surface area contributed by atoms with Crippen molar-refractivity contribution in [3.63, 3.8) is 0 Å². The molecule has 1 heterocycles. The van der Waals surface area contributed by atoms with Crippen molar-refractivity contribution in [1.82, 2.24) is 10.2 Å². The molecule has 1 aliphatic heterocycles. The number of benzene rings is 1. The second-order valence-corrected chi connectivity index (χ2v) is 5.93. The van der Waals surface area contributed by atoms with E-state index in [1.807, 2.05) is 0 Å². The molecule has 7 heteroatoms. The standard InChI is InChI=1S/C16H21F3N2O2/c1-10(22)7-12-3-2-6-21(12)16(23)20-5-4-11-8-13(17)15(19)14(18)9-11/h8-10,12,22H,2-7H2,1H3,(H,20,23). The highest BCUT2D eigenvalue weighted by atomic mass is 19.2. The highest BCUT2D eigenvalue weighted by Crippen LogP contribution is 2.21. The molecule has 1 aliphatic rings. The second kappa shape index (κ2) is 7.68. The molecule has 2 N–H and O–H groups in total. The van der Waals surface area contributed by atoms with E-state index >= 15 is 0 Å². The zero-order valence-electron chi connectivity index (χ0n) is 13.0. The van der Waals surface area contributed by atoms with Gasteiger partial charge in [0.15, 0.2) is 17.5 Å². The van der Waals surface area contributed by atoms with Crippen molar-refractivity contribution in [2.75, 3.05) is 13.1 Å². The van der Waals surface area contributed by atoms with Gasteiger partial charge in [-0.1, -0.05) is 0 Å². The van der Waals surface area contributed by atoms with Gasteiger partial charge in [0.2, 0.25) is 0 Å². The highest BCUT2D eigenvalue weighted by Gasteiger charge is 2.29. The molecule has 0 spiro atoms. The number of aliphatic hydroxyl groups is 1. The number of aliphatic hydroxyl groups excluding tert-OH is 1. The molecule has 1 fully saturated rings. The molecule has 1 aromatic rings. The van der Waals surface area contributed by atoms with Gasteiger partial charge in [0.25, 0.3) is 0 Å². The van der Waals surface area contributed by atoms with E-state index in [2.05, 4.69) is 5.32 Å². The van der Waals surface area contributed by atoms with Crippen LogP contribution >= 0.6 is 0 Å². The van der Waals surface area contributed by atoms with Gasteiger partial charge in [-0.05, 0) is 50.3 Å². The fourth-order valence-corrected chi connectivity index (χ4v) is 2.91. The van der Waals surface area contributed by atoms with E-state index < -0.39 is 23.6 Å². The van der Waals surface area contributed by atoms with Crippen LogP contribution in [-0.2, 0) is 6.42 Å². The normalized spacial score (nSPS) is 19.0. The molecule has 2 amide bonds. The Balaban J connectivity index is 1.85. The van der Waals surface area contributed by atoms with Crippen molar-refractivity contribution in [3.05, 3.63) is 35.1 Å². The molecule has 1 aromatic carbocycles. The summed E-state index contributed by atoms with van der Waals surface area (Å²) in [6, 6.07) is 1.61. The molecular weight excluding hydrogens is 309 g/mol. The average molecular weight is 330 g/mol. The summed E-state index contributed by atoms with van der Waals surface area (Å²) in [7, 11) is 0. The molecule has 0 aliphatic carbocycles. The quantitative estimate of drug-likeness (QED) is 0.816. The van der Waals surface area contributed by atoms with Gasteiger partial charge in [-0.25, -0.2) is 18.0 Å². The average Bonchev–Trinajstić information content (AvgIpc) is 2.92.